The highest BCUT2D eigenvalue weighted by atomic mass is 35.5. The maximum Gasteiger partial charge on any atom is 0.254 e. The monoisotopic (exact) mass is 280 g/mol. The van der Waals surface area contributed by atoms with Crippen molar-refractivity contribution < 1.29 is 8.42 Å². The van der Waals surface area contributed by atoms with E-state index in [1.54, 1.807) is 0 Å². The number of aromatic nitrogens is 1. The summed E-state index contributed by atoms with van der Waals surface area (Å²) in [7, 11) is -3.37. The van der Waals surface area contributed by atoms with Gasteiger partial charge in [0.25, 0.3) is 10.0 Å². The Kier molecular flexibility index (Phi) is 3.53. The number of hydrogen-bond donors (Lipinski definition) is 0. The smallest absolute Gasteiger partial charge is 0.232 e. The molecule has 0 amide bonds. The topological polar surface area (TPSA) is 50.3 Å². The van der Waals surface area contributed by atoms with Gasteiger partial charge in [-0.2, -0.15) is 4.31 Å². The third-order valence-corrected chi connectivity index (χ3v) is 6.09. The Morgan fingerprint density at radius 1 is 1.62 bits per heavy atom. The SMILES string of the molecule is CC1CCCN(S(=O)(=O)c2cnc(Cl)s2)C1. The van der Waals surface area contributed by atoms with Crippen molar-refractivity contribution >= 4 is 33.0 Å². The molecule has 7 heteroatoms. The third-order valence-electron chi connectivity index (χ3n) is 2.67. The van der Waals surface area contributed by atoms with Gasteiger partial charge in [-0.05, 0) is 18.8 Å². The summed E-state index contributed by atoms with van der Waals surface area (Å²) in [6, 6.07) is 0. The molecule has 1 aliphatic heterocycles. The molecule has 0 N–H and O–H groups in total. The van der Waals surface area contributed by atoms with Crippen LogP contribution in [0.25, 0.3) is 0 Å². The summed E-state index contributed by atoms with van der Waals surface area (Å²) in [5.41, 5.74) is 0. The molecule has 1 fully saturated rings. The van der Waals surface area contributed by atoms with Crippen LogP contribution in [-0.4, -0.2) is 30.8 Å². The van der Waals surface area contributed by atoms with Crippen LogP contribution in [0.3, 0.4) is 0 Å². The van der Waals surface area contributed by atoms with Crippen LogP contribution in [0.2, 0.25) is 4.47 Å². The minimum absolute atomic E-state index is 0.242. The van der Waals surface area contributed by atoms with E-state index in [4.69, 9.17) is 11.6 Å². The first kappa shape index (κ1) is 12.3. The zero-order valence-electron chi connectivity index (χ0n) is 8.89. The van der Waals surface area contributed by atoms with Crippen molar-refractivity contribution in [1.82, 2.24) is 9.29 Å². The highest BCUT2D eigenvalue weighted by Gasteiger charge is 2.30. The summed E-state index contributed by atoms with van der Waals surface area (Å²) in [6.07, 6.45) is 3.35. The highest BCUT2D eigenvalue weighted by Crippen LogP contribution is 2.28. The van der Waals surface area contributed by atoms with Crippen LogP contribution in [-0.2, 0) is 10.0 Å². The Hall–Kier alpha value is -0.170. The first-order valence-corrected chi connectivity index (χ1v) is 7.75. The average molecular weight is 281 g/mol. The number of piperidine rings is 1. The van der Waals surface area contributed by atoms with Crippen molar-refractivity contribution in [1.29, 1.82) is 0 Å². The quantitative estimate of drug-likeness (QED) is 0.835. The molecule has 0 bridgehead atoms. The van der Waals surface area contributed by atoms with Gasteiger partial charge in [0.05, 0.1) is 6.20 Å². The lowest BCUT2D eigenvalue weighted by Gasteiger charge is -2.29. The molecule has 1 unspecified atom stereocenters. The van der Waals surface area contributed by atoms with Crippen molar-refractivity contribution in [3.8, 4) is 0 Å². The summed E-state index contributed by atoms with van der Waals surface area (Å²) >= 11 is 6.67. The summed E-state index contributed by atoms with van der Waals surface area (Å²) in [5.74, 6) is 0.423. The van der Waals surface area contributed by atoms with Crippen LogP contribution in [0.5, 0.6) is 0 Å². The van der Waals surface area contributed by atoms with Crippen molar-refractivity contribution in [2.75, 3.05) is 13.1 Å². The minimum Gasteiger partial charge on any atom is -0.232 e. The molecule has 1 atom stereocenters. The van der Waals surface area contributed by atoms with E-state index < -0.39 is 10.0 Å². The molecule has 0 aromatic carbocycles. The molecule has 16 heavy (non-hydrogen) atoms. The molecule has 0 spiro atoms. The van der Waals surface area contributed by atoms with Gasteiger partial charge in [-0.1, -0.05) is 29.9 Å². The molecule has 4 nitrogen and oxygen atoms in total. The van der Waals surface area contributed by atoms with Crippen LogP contribution in [0.4, 0.5) is 0 Å². The summed E-state index contributed by atoms with van der Waals surface area (Å²) in [4.78, 5) is 3.77. The number of thiazole rings is 1. The first-order chi connectivity index (χ1) is 7.50. The molecule has 1 aliphatic rings. The van der Waals surface area contributed by atoms with Crippen molar-refractivity contribution in [3.63, 3.8) is 0 Å². The fraction of sp³-hybridized carbons (Fsp3) is 0.667. The zero-order valence-corrected chi connectivity index (χ0v) is 11.3. The molecule has 0 saturated carbocycles. The molecule has 2 heterocycles. The van der Waals surface area contributed by atoms with E-state index in [2.05, 4.69) is 11.9 Å². The maximum absolute atomic E-state index is 12.2. The van der Waals surface area contributed by atoms with E-state index in [-0.39, 0.29) is 8.68 Å². The summed E-state index contributed by atoms with van der Waals surface area (Å²) in [5, 5.41) is 0. The first-order valence-electron chi connectivity index (χ1n) is 5.11. The lowest BCUT2D eigenvalue weighted by molar-refractivity contribution is 0.281. The summed E-state index contributed by atoms with van der Waals surface area (Å²) in [6.45, 7) is 3.27. The second kappa shape index (κ2) is 4.60. The van der Waals surface area contributed by atoms with Gasteiger partial charge in [0.2, 0.25) is 0 Å². The van der Waals surface area contributed by atoms with Crippen LogP contribution in [0.1, 0.15) is 19.8 Å². The molecule has 1 saturated heterocycles. The predicted molar refractivity (Wildman–Crippen MR) is 64.3 cm³/mol. The average Bonchev–Trinajstić information content (AvgIpc) is 2.65. The standard InChI is InChI=1S/C9H13ClN2O2S2/c1-7-3-2-4-12(6-7)16(13,14)8-5-11-9(10)15-8/h5,7H,2-4,6H2,1H3. The normalized spacial score (nSPS) is 23.5. The zero-order chi connectivity index (χ0) is 11.8. The molecular formula is C9H13ClN2O2S2. The van der Waals surface area contributed by atoms with Gasteiger partial charge in [0, 0.05) is 13.1 Å². The van der Waals surface area contributed by atoms with E-state index in [0.717, 1.165) is 24.2 Å². The molecule has 1 aromatic heterocycles. The van der Waals surface area contributed by atoms with E-state index in [1.807, 2.05) is 0 Å². The van der Waals surface area contributed by atoms with Crippen molar-refractivity contribution in [2.24, 2.45) is 5.92 Å². The van der Waals surface area contributed by atoms with E-state index in [1.165, 1.54) is 10.5 Å². The predicted octanol–water partition coefficient (Wildman–Crippen LogP) is 2.22. The number of sulfonamides is 1. The second-order valence-electron chi connectivity index (χ2n) is 4.04. The summed E-state index contributed by atoms with van der Waals surface area (Å²) < 4.78 is 26.4. The fourth-order valence-electron chi connectivity index (χ4n) is 1.85. The number of nitrogens with zero attached hydrogens (tertiary/aromatic N) is 2. The second-order valence-corrected chi connectivity index (χ2v) is 7.82. The largest absolute Gasteiger partial charge is 0.254 e. The van der Waals surface area contributed by atoms with Gasteiger partial charge in [-0.3, -0.25) is 0 Å². The van der Waals surface area contributed by atoms with Gasteiger partial charge in [0.1, 0.15) is 0 Å². The molecule has 0 radical (unpaired) electrons. The molecule has 90 valence electrons. The van der Waals surface area contributed by atoms with Crippen LogP contribution >= 0.6 is 22.9 Å². The van der Waals surface area contributed by atoms with Crippen molar-refractivity contribution in [2.45, 2.75) is 24.0 Å². The van der Waals surface area contributed by atoms with Gasteiger partial charge in [-0.25, -0.2) is 13.4 Å². The van der Waals surface area contributed by atoms with Gasteiger partial charge < -0.3 is 0 Å². The Balaban J connectivity index is 2.25. The van der Waals surface area contributed by atoms with E-state index in [9.17, 15) is 8.42 Å². The minimum atomic E-state index is -3.37. The highest BCUT2D eigenvalue weighted by molar-refractivity contribution is 7.91. The van der Waals surface area contributed by atoms with Gasteiger partial charge in [-0.15, -0.1) is 0 Å². The number of rotatable bonds is 2. The van der Waals surface area contributed by atoms with Crippen LogP contribution in [0, 0.1) is 5.92 Å². The van der Waals surface area contributed by atoms with Crippen LogP contribution in [0.15, 0.2) is 10.4 Å². The molecular weight excluding hydrogens is 268 g/mol. The lowest BCUT2D eigenvalue weighted by atomic mass is 10.0. The Morgan fingerprint density at radius 2 is 2.38 bits per heavy atom. The van der Waals surface area contributed by atoms with E-state index >= 15 is 0 Å². The number of halogens is 1. The third kappa shape index (κ3) is 2.40. The fourth-order valence-corrected chi connectivity index (χ4v) is 4.90. The number of hydrogen-bond acceptors (Lipinski definition) is 4. The molecule has 2 rings (SSSR count). The molecule has 1 aromatic rings. The lowest BCUT2D eigenvalue weighted by Crippen LogP contribution is -2.38. The van der Waals surface area contributed by atoms with E-state index in [0.29, 0.717) is 19.0 Å². The van der Waals surface area contributed by atoms with Gasteiger partial charge >= 0.3 is 0 Å². The van der Waals surface area contributed by atoms with Crippen LogP contribution < -0.4 is 0 Å². The molecule has 0 aliphatic carbocycles. The maximum atomic E-state index is 12.2. The van der Waals surface area contributed by atoms with Gasteiger partial charge in [0.15, 0.2) is 8.68 Å². The van der Waals surface area contributed by atoms with Crippen molar-refractivity contribution in [3.05, 3.63) is 10.7 Å². The Morgan fingerprint density at radius 3 is 2.94 bits per heavy atom. The Bertz CT molecular complexity index is 472. The Labute approximate surface area is 104 Å².